The lowest BCUT2D eigenvalue weighted by molar-refractivity contribution is -0.119. The van der Waals surface area contributed by atoms with E-state index in [0.29, 0.717) is 0 Å². The highest BCUT2D eigenvalue weighted by Crippen LogP contribution is 2.18. The molecule has 1 amide bonds. The van der Waals surface area contributed by atoms with Crippen molar-refractivity contribution in [3.8, 4) is 0 Å². The molecular formula is C14H18FNO3. The molecule has 1 aromatic rings. The average molecular weight is 267 g/mol. The Labute approximate surface area is 111 Å². The minimum atomic E-state index is -1.16. The van der Waals surface area contributed by atoms with E-state index >= 15 is 0 Å². The van der Waals surface area contributed by atoms with Gasteiger partial charge in [-0.1, -0.05) is 26.7 Å². The lowest BCUT2D eigenvalue weighted by Gasteiger charge is -2.12. The average Bonchev–Trinajstić information content (AvgIpc) is 2.38. The third kappa shape index (κ3) is 4.35. The molecule has 1 unspecified atom stereocenters. The third-order valence-electron chi connectivity index (χ3n) is 2.91. The molecule has 0 aliphatic rings. The quantitative estimate of drug-likeness (QED) is 0.831. The van der Waals surface area contributed by atoms with Crippen LogP contribution in [0.15, 0.2) is 18.2 Å². The highest BCUT2D eigenvalue weighted by Gasteiger charge is 2.15. The summed E-state index contributed by atoms with van der Waals surface area (Å²) in [5.41, 5.74) is -0.147. The number of halogens is 1. The summed E-state index contributed by atoms with van der Waals surface area (Å²) in [6.07, 6.45) is 2.63. The van der Waals surface area contributed by atoms with Crippen molar-refractivity contribution < 1.29 is 19.1 Å². The number of amides is 1. The smallest absolute Gasteiger partial charge is 0.335 e. The van der Waals surface area contributed by atoms with Crippen LogP contribution in [-0.2, 0) is 4.79 Å². The number of aromatic carboxylic acids is 1. The van der Waals surface area contributed by atoms with Gasteiger partial charge in [-0.25, -0.2) is 9.18 Å². The van der Waals surface area contributed by atoms with E-state index in [-0.39, 0.29) is 23.1 Å². The van der Waals surface area contributed by atoms with Crippen molar-refractivity contribution in [2.24, 2.45) is 5.92 Å². The molecule has 0 radical (unpaired) electrons. The monoisotopic (exact) mass is 267 g/mol. The van der Waals surface area contributed by atoms with Crippen molar-refractivity contribution >= 4 is 17.6 Å². The van der Waals surface area contributed by atoms with Crippen molar-refractivity contribution in [1.29, 1.82) is 0 Å². The van der Waals surface area contributed by atoms with Crippen LogP contribution in [-0.4, -0.2) is 17.0 Å². The van der Waals surface area contributed by atoms with Crippen molar-refractivity contribution in [1.82, 2.24) is 0 Å². The normalized spacial score (nSPS) is 11.9. The van der Waals surface area contributed by atoms with E-state index in [1.165, 1.54) is 0 Å². The lowest BCUT2D eigenvalue weighted by atomic mass is 10.0. The Hall–Kier alpha value is -1.91. The Kier molecular flexibility index (Phi) is 5.48. The number of hydrogen-bond acceptors (Lipinski definition) is 2. The first-order valence-electron chi connectivity index (χ1n) is 6.29. The van der Waals surface area contributed by atoms with Gasteiger partial charge >= 0.3 is 5.97 Å². The van der Waals surface area contributed by atoms with Gasteiger partial charge in [-0.2, -0.15) is 0 Å². The van der Waals surface area contributed by atoms with E-state index in [9.17, 15) is 14.0 Å². The van der Waals surface area contributed by atoms with Gasteiger partial charge < -0.3 is 10.4 Å². The van der Waals surface area contributed by atoms with E-state index in [1.807, 2.05) is 6.92 Å². The Morgan fingerprint density at radius 1 is 1.42 bits per heavy atom. The molecule has 5 heteroatoms. The minimum Gasteiger partial charge on any atom is -0.478 e. The summed E-state index contributed by atoms with van der Waals surface area (Å²) in [4.78, 5) is 22.6. The van der Waals surface area contributed by atoms with Crippen LogP contribution in [0.25, 0.3) is 0 Å². The van der Waals surface area contributed by atoms with Gasteiger partial charge in [0.2, 0.25) is 5.91 Å². The molecule has 4 nitrogen and oxygen atoms in total. The van der Waals surface area contributed by atoms with E-state index < -0.39 is 11.8 Å². The maximum absolute atomic E-state index is 13.5. The van der Waals surface area contributed by atoms with Crippen LogP contribution >= 0.6 is 0 Å². The summed E-state index contributed by atoms with van der Waals surface area (Å²) in [5, 5.41) is 11.3. The van der Waals surface area contributed by atoms with Crippen LogP contribution in [0.3, 0.4) is 0 Å². The van der Waals surface area contributed by atoms with Gasteiger partial charge in [0.1, 0.15) is 5.82 Å². The second-order valence-corrected chi connectivity index (χ2v) is 4.53. The van der Waals surface area contributed by atoms with Gasteiger partial charge in [0.15, 0.2) is 0 Å². The maximum atomic E-state index is 13.5. The van der Waals surface area contributed by atoms with Crippen LogP contribution < -0.4 is 5.32 Å². The molecular weight excluding hydrogens is 249 g/mol. The highest BCUT2D eigenvalue weighted by atomic mass is 19.1. The second kappa shape index (κ2) is 6.87. The van der Waals surface area contributed by atoms with Crippen LogP contribution in [0.1, 0.15) is 43.5 Å². The Bertz CT molecular complexity index is 474. The van der Waals surface area contributed by atoms with Crippen LogP contribution in [0.4, 0.5) is 10.1 Å². The summed E-state index contributed by atoms with van der Waals surface area (Å²) in [5.74, 6) is -2.32. The highest BCUT2D eigenvalue weighted by molar-refractivity contribution is 5.94. The Balaban J connectivity index is 2.78. The van der Waals surface area contributed by atoms with Crippen LogP contribution in [0.5, 0.6) is 0 Å². The molecule has 0 saturated carbocycles. The fourth-order valence-electron chi connectivity index (χ4n) is 1.65. The Morgan fingerprint density at radius 2 is 2.11 bits per heavy atom. The number of anilines is 1. The van der Waals surface area contributed by atoms with Crippen molar-refractivity contribution in [3.05, 3.63) is 29.6 Å². The molecule has 0 saturated heterocycles. The zero-order valence-corrected chi connectivity index (χ0v) is 11.1. The molecule has 2 N–H and O–H groups in total. The molecule has 0 aliphatic carbocycles. The first kappa shape index (κ1) is 15.1. The molecule has 1 atom stereocenters. The van der Waals surface area contributed by atoms with Crippen LogP contribution in [0, 0.1) is 11.7 Å². The topological polar surface area (TPSA) is 66.4 Å². The predicted molar refractivity (Wildman–Crippen MR) is 70.7 cm³/mol. The zero-order chi connectivity index (χ0) is 14.4. The number of carbonyl (C=O) groups excluding carboxylic acids is 1. The summed E-state index contributed by atoms with van der Waals surface area (Å²) >= 11 is 0. The summed E-state index contributed by atoms with van der Waals surface area (Å²) in [7, 11) is 0. The third-order valence-corrected chi connectivity index (χ3v) is 2.91. The van der Waals surface area contributed by atoms with Crippen LogP contribution in [0.2, 0.25) is 0 Å². The number of carboxylic acids is 1. The van der Waals surface area contributed by atoms with Gasteiger partial charge in [-0.3, -0.25) is 4.79 Å². The first-order valence-corrected chi connectivity index (χ1v) is 6.29. The van der Waals surface area contributed by atoms with Crippen molar-refractivity contribution in [2.75, 3.05) is 5.32 Å². The standard InChI is InChI=1S/C14H18FNO3/c1-3-4-5-9(2)13(17)16-12-8-10(14(18)19)6-7-11(12)15/h6-9H,3-5H2,1-2H3,(H,16,17)(H,18,19). The number of unbranched alkanes of at least 4 members (excludes halogenated alkanes) is 1. The Morgan fingerprint density at radius 3 is 2.68 bits per heavy atom. The summed E-state index contributed by atoms with van der Waals surface area (Å²) in [6.45, 7) is 3.80. The maximum Gasteiger partial charge on any atom is 0.335 e. The van der Waals surface area contributed by atoms with Crippen molar-refractivity contribution in [3.63, 3.8) is 0 Å². The summed E-state index contributed by atoms with van der Waals surface area (Å²) < 4.78 is 13.5. The SMILES string of the molecule is CCCCC(C)C(=O)Nc1cc(C(=O)O)ccc1F. The zero-order valence-electron chi connectivity index (χ0n) is 11.1. The number of carboxylic acid groups (broad SMARTS) is 1. The molecule has 0 spiro atoms. The first-order chi connectivity index (χ1) is 8.95. The number of carbonyl (C=O) groups is 2. The van der Waals surface area contributed by atoms with Gasteiger partial charge in [0.25, 0.3) is 0 Å². The fraction of sp³-hybridized carbons (Fsp3) is 0.429. The number of nitrogens with one attached hydrogen (secondary N) is 1. The van der Waals surface area contributed by atoms with Gasteiger partial charge in [-0.15, -0.1) is 0 Å². The fourth-order valence-corrected chi connectivity index (χ4v) is 1.65. The molecule has 0 bridgehead atoms. The molecule has 0 heterocycles. The lowest BCUT2D eigenvalue weighted by Crippen LogP contribution is -2.21. The molecule has 0 fully saturated rings. The van der Waals surface area contributed by atoms with E-state index in [2.05, 4.69) is 5.32 Å². The van der Waals surface area contributed by atoms with Crippen molar-refractivity contribution in [2.45, 2.75) is 33.1 Å². The van der Waals surface area contributed by atoms with Gasteiger partial charge in [0.05, 0.1) is 11.3 Å². The number of hydrogen-bond donors (Lipinski definition) is 2. The largest absolute Gasteiger partial charge is 0.478 e. The number of benzene rings is 1. The molecule has 19 heavy (non-hydrogen) atoms. The molecule has 0 aromatic heterocycles. The molecule has 104 valence electrons. The molecule has 1 aromatic carbocycles. The van der Waals surface area contributed by atoms with E-state index in [1.54, 1.807) is 6.92 Å². The van der Waals surface area contributed by atoms with E-state index in [4.69, 9.17) is 5.11 Å². The number of rotatable bonds is 6. The molecule has 0 aliphatic heterocycles. The second-order valence-electron chi connectivity index (χ2n) is 4.53. The summed E-state index contributed by atoms with van der Waals surface area (Å²) in [6, 6.07) is 3.33. The minimum absolute atomic E-state index is 0.0575. The van der Waals surface area contributed by atoms with E-state index in [0.717, 1.165) is 37.5 Å². The predicted octanol–water partition coefficient (Wildman–Crippen LogP) is 3.29. The van der Waals surface area contributed by atoms with Gasteiger partial charge in [0, 0.05) is 5.92 Å². The van der Waals surface area contributed by atoms with Gasteiger partial charge in [-0.05, 0) is 24.6 Å². The molecule has 1 rings (SSSR count).